The van der Waals surface area contributed by atoms with Gasteiger partial charge in [0.05, 0.1) is 6.20 Å². The van der Waals surface area contributed by atoms with Crippen LogP contribution in [0.5, 0.6) is 0 Å². The molecule has 0 saturated heterocycles. The molecule has 0 aliphatic carbocycles. The Hall–Kier alpha value is -1.00. The van der Waals surface area contributed by atoms with Crippen molar-refractivity contribution in [2.75, 3.05) is 19.8 Å². The lowest BCUT2D eigenvalue weighted by Crippen LogP contribution is -2.16. The maximum Gasteiger partial charge on any atom is 0.141 e. The summed E-state index contributed by atoms with van der Waals surface area (Å²) in [4.78, 5) is 3.77. The predicted octanol–water partition coefficient (Wildman–Crippen LogP) is 1.74. The Morgan fingerprint density at radius 1 is 1.47 bits per heavy atom. The van der Waals surface area contributed by atoms with E-state index in [0.717, 1.165) is 31.7 Å². The first-order valence-electron chi connectivity index (χ1n) is 5.21. The zero-order valence-electron chi connectivity index (χ0n) is 9.00. The number of pyridine rings is 1. The Bertz CT molecular complexity index is 281. The molecule has 0 aliphatic rings. The molecule has 0 fully saturated rings. The minimum Gasteiger partial charge on any atom is -0.382 e. The topological polar surface area (TPSA) is 34.1 Å². The van der Waals surface area contributed by atoms with Gasteiger partial charge >= 0.3 is 0 Å². The van der Waals surface area contributed by atoms with Crippen LogP contribution in [0, 0.1) is 5.82 Å². The molecule has 0 unspecified atom stereocenters. The molecule has 4 heteroatoms. The highest BCUT2D eigenvalue weighted by Crippen LogP contribution is 1.99. The minimum atomic E-state index is -0.288. The fourth-order valence-electron chi connectivity index (χ4n) is 1.23. The number of hydrogen-bond donors (Lipinski definition) is 1. The second kappa shape index (κ2) is 7.31. The molecule has 1 rings (SSSR count). The van der Waals surface area contributed by atoms with Crippen LogP contribution in [-0.4, -0.2) is 24.7 Å². The summed E-state index contributed by atoms with van der Waals surface area (Å²) in [5.41, 5.74) is 0.867. The Morgan fingerprint density at radius 2 is 2.33 bits per heavy atom. The second-order valence-electron chi connectivity index (χ2n) is 3.24. The van der Waals surface area contributed by atoms with Crippen molar-refractivity contribution in [3.8, 4) is 0 Å². The number of nitrogens with zero attached hydrogens (tertiary/aromatic N) is 1. The zero-order valence-corrected chi connectivity index (χ0v) is 9.00. The van der Waals surface area contributed by atoms with Crippen molar-refractivity contribution in [2.24, 2.45) is 0 Å². The smallest absolute Gasteiger partial charge is 0.141 e. The van der Waals surface area contributed by atoms with Gasteiger partial charge in [-0.3, -0.25) is 4.98 Å². The van der Waals surface area contributed by atoms with Crippen molar-refractivity contribution < 1.29 is 9.13 Å². The standard InChI is InChI=1S/C11H17FN2O/c1-2-15-5-3-4-13-7-10-6-11(12)9-14-8-10/h6,8-9,13H,2-5,7H2,1H3. The van der Waals surface area contributed by atoms with E-state index < -0.39 is 0 Å². The van der Waals surface area contributed by atoms with Crippen LogP contribution in [0.25, 0.3) is 0 Å². The van der Waals surface area contributed by atoms with Crippen LogP contribution in [0.2, 0.25) is 0 Å². The van der Waals surface area contributed by atoms with Crippen LogP contribution in [-0.2, 0) is 11.3 Å². The summed E-state index contributed by atoms with van der Waals surface area (Å²) in [6.45, 7) is 5.03. The van der Waals surface area contributed by atoms with Crippen molar-refractivity contribution in [1.82, 2.24) is 10.3 Å². The van der Waals surface area contributed by atoms with E-state index in [9.17, 15) is 4.39 Å². The average molecular weight is 212 g/mol. The molecule has 1 N–H and O–H groups in total. The summed E-state index contributed by atoms with van der Waals surface area (Å²) in [6.07, 6.45) is 3.84. The molecule has 15 heavy (non-hydrogen) atoms. The van der Waals surface area contributed by atoms with Crippen molar-refractivity contribution in [3.05, 3.63) is 29.8 Å². The van der Waals surface area contributed by atoms with Crippen molar-refractivity contribution in [2.45, 2.75) is 19.9 Å². The fourth-order valence-corrected chi connectivity index (χ4v) is 1.23. The van der Waals surface area contributed by atoms with Gasteiger partial charge in [-0.1, -0.05) is 0 Å². The van der Waals surface area contributed by atoms with E-state index in [-0.39, 0.29) is 5.82 Å². The highest BCUT2D eigenvalue weighted by Gasteiger charge is 1.95. The maximum atomic E-state index is 12.7. The summed E-state index contributed by atoms with van der Waals surface area (Å²) in [5, 5.41) is 3.20. The third-order valence-corrected chi connectivity index (χ3v) is 1.94. The number of ether oxygens (including phenoxy) is 1. The molecular weight excluding hydrogens is 195 g/mol. The Balaban J connectivity index is 2.10. The summed E-state index contributed by atoms with van der Waals surface area (Å²) >= 11 is 0. The Kier molecular flexibility index (Phi) is 5.88. The molecule has 0 aromatic carbocycles. The van der Waals surface area contributed by atoms with Gasteiger partial charge in [-0.15, -0.1) is 0 Å². The quantitative estimate of drug-likeness (QED) is 0.699. The summed E-state index contributed by atoms with van der Waals surface area (Å²) < 4.78 is 17.9. The molecule has 1 aromatic heterocycles. The van der Waals surface area contributed by atoms with Gasteiger partial charge in [0, 0.05) is 26.0 Å². The van der Waals surface area contributed by atoms with Gasteiger partial charge in [0.2, 0.25) is 0 Å². The molecule has 0 bridgehead atoms. The lowest BCUT2D eigenvalue weighted by Gasteiger charge is -2.04. The van der Waals surface area contributed by atoms with E-state index in [0.29, 0.717) is 6.54 Å². The van der Waals surface area contributed by atoms with Crippen LogP contribution in [0.3, 0.4) is 0 Å². The third-order valence-electron chi connectivity index (χ3n) is 1.94. The number of rotatable bonds is 7. The van der Waals surface area contributed by atoms with E-state index in [1.807, 2.05) is 6.92 Å². The molecule has 0 aliphatic heterocycles. The monoisotopic (exact) mass is 212 g/mol. The Labute approximate surface area is 89.7 Å². The molecule has 1 heterocycles. The highest BCUT2D eigenvalue weighted by molar-refractivity contribution is 5.09. The van der Waals surface area contributed by atoms with Crippen LogP contribution in [0.15, 0.2) is 18.5 Å². The average Bonchev–Trinajstić information content (AvgIpc) is 2.23. The number of halogens is 1. The summed E-state index contributed by atoms with van der Waals surface area (Å²) in [7, 11) is 0. The lowest BCUT2D eigenvalue weighted by atomic mass is 10.3. The van der Waals surface area contributed by atoms with E-state index in [1.54, 1.807) is 6.20 Å². The van der Waals surface area contributed by atoms with Crippen LogP contribution in [0.4, 0.5) is 4.39 Å². The fraction of sp³-hybridized carbons (Fsp3) is 0.545. The summed E-state index contributed by atoms with van der Waals surface area (Å²) in [6, 6.07) is 1.49. The van der Waals surface area contributed by atoms with Gasteiger partial charge in [0.25, 0.3) is 0 Å². The number of nitrogens with one attached hydrogen (secondary N) is 1. The molecule has 0 atom stereocenters. The van der Waals surface area contributed by atoms with Crippen molar-refractivity contribution in [1.29, 1.82) is 0 Å². The lowest BCUT2D eigenvalue weighted by molar-refractivity contribution is 0.144. The molecule has 3 nitrogen and oxygen atoms in total. The molecule has 0 saturated carbocycles. The predicted molar refractivity (Wildman–Crippen MR) is 57.0 cm³/mol. The van der Waals surface area contributed by atoms with Crippen molar-refractivity contribution >= 4 is 0 Å². The minimum absolute atomic E-state index is 0.288. The van der Waals surface area contributed by atoms with Gasteiger partial charge in [-0.25, -0.2) is 4.39 Å². The first-order valence-corrected chi connectivity index (χ1v) is 5.21. The van der Waals surface area contributed by atoms with Gasteiger partial charge < -0.3 is 10.1 Å². The first-order chi connectivity index (χ1) is 7.33. The van der Waals surface area contributed by atoms with Crippen LogP contribution < -0.4 is 5.32 Å². The Morgan fingerprint density at radius 3 is 3.07 bits per heavy atom. The highest BCUT2D eigenvalue weighted by atomic mass is 19.1. The van der Waals surface area contributed by atoms with Gasteiger partial charge in [0.1, 0.15) is 5.82 Å². The molecular formula is C11H17FN2O. The van der Waals surface area contributed by atoms with Crippen molar-refractivity contribution in [3.63, 3.8) is 0 Å². The van der Waals surface area contributed by atoms with Gasteiger partial charge in [-0.05, 0) is 31.5 Å². The van der Waals surface area contributed by atoms with Gasteiger partial charge in [-0.2, -0.15) is 0 Å². The van der Waals surface area contributed by atoms with Gasteiger partial charge in [0.15, 0.2) is 0 Å². The normalized spacial score (nSPS) is 10.5. The molecule has 1 aromatic rings. The van der Waals surface area contributed by atoms with Crippen LogP contribution >= 0.6 is 0 Å². The molecule has 84 valence electrons. The van der Waals surface area contributed by atoms with E-state index in [4.69, 9.17) is 4.74 Å². The molecule has 0 amide bonds. The van der Waals surface area contributed by atoms with E-state index in [1.165, 1.54) is 12.3 Å². The van der Waals surface area contributed by atoms with E-state index in [2.05, 4.69) is 10.3 Å². The first kappa shape index (κ1) is 12.1. The molecule has 0 radical (unpaired) electrons. The summed E-state index contributed by atoms with van der Waals surface area (Å²) in [5.74, 6) is -0.288. The largest absolute Gasteiger partial charge is 0.382 e. The number of hydrogen-bond acceptors (Lipinski definition) is 3. The van der Waals surface area contributed by atoms with Crippen LogP contribution in [0.1, 0.15) is 18.9 Å². The number of aromatic nitrogens is 1. The third kappa shape index (κ3) is 5.44. The second-order valence-corrected chi connectivity index (χ2v) is 3.24. The molecule has 0 spiro atoms. The van der Waals surface area contributed by atoms with E-state index >= 15 is 0 Å². The SMILES string of the molecule is CCOCCCNCc1cncc(F)c1. The maximum absolute atomic E-state index is 12.7. The zero-order chi connectivity index (χ0) is 10.9.